The van der Waals surface area contributed by atoms with Crippen LogP contribution in [0.15, 0.2) is 42.5 Å². The number of amides is 2. The molecule has 0 radical (unpaired) electrons. The van der Waals surface area contributed by atoms with Gasteiger partial charge in [-0.1, -0.05) is 23.7 Å². The molecule has 0 saturated carbocycles. The van der Waals surface area contributed by atoms with E-state index in [0.717, 1.165) is 5.56 Å². The minimum Gasteiger partial charge on any atom is -0.497 e. The van der Waals surface area contributed by atoms with E-state index in [0.29, 0.717) is 22.2 Å². The van der Waals surface area contributed by atoms with Crippen molar-refractivity contribution < 1.29 is 19.1 Å². The van der Waals surface area contributed by atoms with Crippen LogP contribution in [0.1, 0.15) is 5.56 Å². The molecule has 0 atom stereocenters. The first kappa shape index (κ1) is 17.6. The molecule has 0 bridgehead atoms. The molecule has 0 saturated heterocycles. The van der Waals surface area contributed by atoms with E-state index in [1.165, 1.54) is 14.2 Å². The lowest BCUT2D eigenvalue weighted by Crippen LogP contribution is -2.35. The zero-order chi connectivity index (χ0) is 17.5. The molecule has 0 heterocycles. The van der Waals surface area contributed by atoms with Crippen molar-refractivity contribution in [3.05, 3.63) is 53.1 Å². The monoisotopic (exact) mass is 348 g/mol. The SMILES string of the molecule is COc1ccc(OC)c(NC(=O)C(=O)NCc2ccc(Cl)cc2)c1. The van der Waals surface area contributed by atoms with Gasteiger partial charge in [-0.15, -0.1) is 0 Å². The molecule has 0 fully saturated rings. The van der Waals surface area contributed by atoms with Gasteiger partial charge in [0.15, 0.2) is 0 Å². The zero-order valence-electron chi connectivity index (χ0n) is 13.3. The number of ether oxygens (including phenoxy) is 2. The van der Waals surface area contributed by atoms with Gasteiger partial charge in [-0.05, 0) is 29.8 Å². The van der Waals surface area contributed by atoms with Crippen molar-refractivity contribution in [3.8, 4) is 11.5 Å². The van der Waals surface area contributed by atoms with Gasteiger partial charge in [0, 0.05) is 17.6 Å². The molecule has 0 unspecified atom stereocenters. The second-order valence-corrected chi connectivity index (χ2v) is 5.27. The molecule has 0 aliphatic rings. The summed E-state index contributed by atoms with van der Waals surface area (Å²) in [7, 11) is 2.98. The molecule has 0 aliphatic heterocycles. The summed E-state index contributed by atoms with van der Waals surface area (Å²) in [5.74, 6) is -0.590. The van der Waals surface area contributed by atoms with Crippen LogP contribution >= 0.6 is 11.6 Å². The van der Waals surface area contributed by atoms with E-state index in [1.807, 2.05) is 0 Å². The van der Waals surface area contributed by atoms with E-state index in [2.05, 4.69) is 10.6 Å². The van der Waals surface area contributed by atoms with Crippen LogP contribution < -0.4 is 20.1 Å². The molecule has 0 spiro atoms. The highest BCUT2D eigenvalue weighted by molar-refractivity contribution is 6.39. The quantitative estimate of drug-likeness (QED) is 0.814. The number of nitrogens with one attached hydrogen (secondary N) is 2. The van der Waals surface area contributed by atoms with Gasteiger partial charge in [0.2, 0.25) is 0 Å². The van der Waals surface area contributed by atoms with Gasteiger partial charge in [0.05, 0.1) is 19.9 Å². The van der Waals surface area contributed by atoms with Gasteiger partial charge in [-0.3, -0.25) is 9.59 Å². The maximum Gasteiger partial charge on any atom is 0.313 e. The number of hydrogen-bond donors (Lipinski definition) is 2. The molecule has 6 nitrogen and oxygen atoms in total. The summed E-state index contributed by atoms with van der Waals surface area (Å²) in [6.45, 7) is 0.221. The van der Waals surface area contributed by atoms with Crippen LogP contribution in [0.25, 0.3) is 0 Å². The summed E-state index contributed by atoms with van der Waals surface area (Å²) in [6.07, 6.45) is 0. The fourth-order valence-corrected chi connectivity index (χ4v) is 2.08. The van der Waals surface area contributed by atoms with Crippen LogP contribution in [0.4, 0.5) is 5.69 Å². The van der Waals surface area contributed by atoms with Crippen LogP contribution in [-0.2, 0) is 16.1 Å². The largest absolute Gasteiger partial charge is 0.497 e. The Bertz CT molecular complexity index is 732. The molecule has 2 aromatic rings. The Morgan fingerprint density at radius 2 is 1.71 bits per heavy atom. The van der Waals surface area contributed by atoms with Gasteiger partial charge in [-0.2, -0.15) is 0 Å². The van der Waals surface area contributed by atoms with Gasteiger partial charge in [-0.25, -0.2) is 0 Å². The summed E-state index contributed by atoms with van der Waals surface area (Å²) in [6, 6.07) is 11.9. The number of benzene rings is 2. The van der Waals surface area contributed by atoms with E-state index in [-0.39, 0.29) is 6.54 Å². The van der Waals surface area contributed by atoms with Crippen molar-refractivity contribution in [2.75, 3.05) is 19.5 Å². The summed E-state index contributed by atoms with van der Waals surface area (Å²) in [5, 5.41) is 5.65. The average molecular weight is 349 g/mol. The molecule has 7 heteroatoms. The van der Waals surface area contributed by atoms with Crippen LogP contribution in [0.5, 0.6) is 11.5 Å². The Morgan fingerprint density at radius 3 is 2.33 bits per heavy atom. The van der Waals surface area contributed by atoms with Gasteiger partial charge < -0.3 is 20.1 Å². The first-order valence-electron chi connectivity index (χ1n) is 7.09. The standard InChI is InChI=1S/C17H17ClN2O4/c1-23-13-7-8-15(24-2)14(9-13)20-17(22)16(21)19-10-11-3-5-12(18)6-4-11/h3-9H,10H2,1-2H3,(H,19,21)(H,20,22). The number of carbonyl (C=O) groups is 2. The van der Waals surface area contributed by atoms with Gasteiger partial charge in [0.1, 0.15) is 11.5 Å². The topological polar surface area (TPSA) is 76.7 Å². The number of anilines is 1. The predicted molar refractivity (Wildman–Crippen MR) is 91.5 cm³/mol. The van der Waals surface area contributed by atoms with Crippen LogP contribution in [0, 0.1) is 0 Å². The fourth-order valence-electron chi connectivity index (χ4n) is 1.96. The summed E-state index contributed by atoms with van der Waals surface area (Å²) >= 11 is 5.79. The van der Waals surface area contributed by atoms with Crippen molar-refractivity contribution >= 4 is 29.1 Å². The third-order valence-electron chi connectivity index (χ3n) is 3.23. The minimum absolute atomic E-state index is 0.221. The van der Waals surface area contributed by atoms with Crippen LogP contribution in [-0.4, -0.2) is 26.0 Å². The number of rotatable bonds is 5. The van der Waals surface area contributed by atoms with Crippen molar-refractivity contribution in [3.63, 3.8) is 0 Å². The first-order valence-corrected chi connectivity index (χ1v) is 7.47. The molecule has 0 aliphatic carbocycles. The fraction of sp³-hybridized carbons (Fsp3) is 0.176. The number of methoxy groups -OCH3 is 2. The van der Waals surface area contributed by atoms with Gasteiger partial charge >= 0.3 is 11.8 Å². The molecule has 126 valence electrons. The van der Waals surface area contributed by atoms with Crippen LogP contribution in [0.3, 0.4) is 0 Å². The Hall–Kier alpha value is -2.73. The molecule has 2 N–H and O–H groups in total. The Morgan fingerprint density at radius 1 is 1.00 bits per heavy atom. The van der Waals surface area contributed by atoms with Crippen molar-refractivity contribution in [2.24, 2.45) is 0 Å². The lowest BCUT2D eigenvalue weighted by atomic mass is 10.2. The molecule has 2 amide bonds. The maximum atomic E-state index is 12.0. The third-order valence-corrected chi connectivity index (χ3v) is 3.48. The molecule has 2 rings (SSSR count). The van der Waals surface area contributed by atoms with Gasteiger partial charge in [0.25, 0.3) is 0 Å². The third kappa shape index (κ3) is 4.63. The second kappa shape index (κ2) is 8.21. The average Bonchev–Trinajstić information content (AvgIpc) is 2.60. The highest BCUT2D eigenvalue weighted by Crippen LogP contribution is 2.28. The van der Waals surface area contributed by atoms with E-state index < -0.39 is 11.8 Å². The zero-order valence-corrected chi connectivity index (χ0v) is 14.0. The molecule has 0 aromatic heterocycles. The summed E-state index contributed by atoms with van der Waals surface area (Å²) < 4.78 is 10.2. The van der Waals surface area contributed by atoms with E-state index in [9.17, 15) is 9.59 Å². The first-order chi connectivity index (χ1) is 11.5. The Kier molecular flexibility index (Phi) is 6.03. The predicted octanol–water partition coefficient (Wildman–Crippen LogP) is 2.61. The van der Waals surface area contributed by atoms with Crippen molar-refractivity contribution in [1.29, 1.82) is 0 Å². The smallest absolute Gasteiger partial charge is 0.313 e. The highest BCUT2D eigenvalue weighted by atomic mass is 35.5. The summed E-state index contributed by atoms with van der Waals surface area (Å²) in [5.41, 5.74) is 1.18. The summed E-state index contributed by atoms with van der Waals surface area (Å²) in [4.78, 5) is 23.9. The number of halogens is 1. The van der Waals surface area contributed by atoms with E-state index in [4.69, 9.17) is 21.1 Å². The second-order valence-electron chi connectivity index (χ2n) is 4.83. The van der Waals surface area contributed by atoms with E-state index in [1.54, 1.807) is 42.5 Å². The maximum absolute atomic E-state index is 12.0. The van der Waals surface area contributed by atoms with Crippen LogP contribution in [0.2, 0.25) is 5.02 Å². The Labute approximate surface area is 144 Å². The number of hydrogen-bond acceptors (Lipinski definition) is 4. The van der Waals surface area contributed by atoms with E-state index >= 15 is 0 Å². The molecule has 24 heavy (non-hydrogen) atoms. The number of carbonyl (C=O) groups excluding carboxylic acids is 2. The Balaban J connectivity index is 1.98. The van der Waals surface area contributed by atoms with Crippen molar-refractivity contribution in [1.82, 2.24) is 5.32 Å². The lowest BCUT2D eigenvalue weighted by Gasteiger charge is -2.11. The normalized spacial score (nSPS) is 9.96. The van der Waals surface area contributed by atoms with Crippen molar-refractivity contribution in [2.45, 2.75) is 6.54 Å². The lowest BCUT2D eigenvalue weighted by molar-refractivity contribution is -0.136. The molecule has 2 aromatic carbocycles. The highest BCUT2D eigenvalue weighted by Gasteiger charge is 2.16. The minimum atomic E-state index is -0.796. The molecular formula is C17H17ClN2O4. The molecular weight excluding hydrogens is 332 g/mol.